The van der Waals surface area contributed by atoms with Gasteiger partial charge in [0.1, 0.15) is 0 Å². The van der Waals surface area contributed by atoms with Crippen LogP contribution in [0.15, 0.2) is 158 Å². The number of fused-ring (bicyclic) bond motifs is 16. The highest BCUT2D eigenvalue weighted by Gasteiger charge is 2.24. The first kappa shape index (κ1) is 29.9. The Morgan fingerprint density at radius 3 is 1.87 bits per heavy atom. The molecule has 54 heavy (non-hydrogen) atoms. The van der Waals surface area contributed by atoms with Crippen LogP contribution in [0.1, 0.15) is 16.9 Å². The van der Waals surface area contributed by atoms with Crippen LogP contribution in [0.2, 0.25) is 0 Å². The summed E-state index contributed by atoms with van der Waals surface area (Å²) in [6, 6.07) is 54.7. The summed E-state index contributed by atoms with van der Waals surface area (Å²) >= 11 is 1.94. The lowest BCUT2D eigenvalue weighted by molar-refractivity contribution is 1.01. The van der Waals surface area contributed by atoms with Gasteiger partial charge >= 0.3 is 0 Å². The van der Waals surface area contributed by atoms with Crippen LogP contribution in [-0.4, -0.2) is 14.5 Å². The van der Waals surface area contributed by atoms with Crippen LogP contribution in [0.5, 0.6) is 0 Å². The van der Waals surface area contributed by atoms with Crippen molar-refractivity contribution in [2.75, 3.05) is 0 Å². The fourth-order valence-electron chi connectivity index (χ4n) is 9.11. The minimum Gasteiger partial charge on any atom is -0.308 e. The molecule has 3 nitrogen and oxygen atoms in total. The summed E-state index contributed by atoms with van der Waals surface area (Å²) in [5.74, 6) is 0.724. The van der Waals surface area contributed by atoms with E-state index in [9.17, 15) is 0 Å². The van der Waals surface area contributed by atoms with E-state index in [0.717, 1.165) is 57.5 Å². The van der Waals surface area contributed by atoms with E-state index in [4.69, 9.17) is 9.97 Å². The van der Waals surface area contributed by atoms with Gasteiger partial charge in [-0.25, -0.2) is 9.97 Å². The molecule has 0 spiro atoms. The van der Waals surface area contributed by atoms with Crippen molar-refractivity contribution < 1.29 is 0 Å². The molecule has 252 valence electrons. The third kappa shape index (κ3) is 4.17. The van der Waals surface area contributed by atoms with Gasteiger partial charge in [0.2, 0.25) is 0 Å². The molecule has 0 radical (unpaired) electrons. The number of para-hydroxylation sites is 1. The van der Waals surface area contributed by atoms with E-state index in [-0.39, 0.29) is 0 Å². The Morgan fingerprint density at radius 2 is 1.11 bits per heavy atom. The Hall–Kier alpha value is -6.62. The van der Waals surface area contributed by atoms with Crippen molar-refractivity contribution in [2.24, 2.45) is 0 Å². The van der Waals surface area contributed by atoms with Gasteiger partial charge in [0.05, 0.1) is 26.9 Å². The molecule has 3 heterocycles. The van der Waals surface area contributed by atoms with Crippen molar-refractivity contribution in [2.45, 2.75) is 12.8 Å². The molecule has 0 unspecified atom stereocenters. The summed E-state index contributed by atoms with van der Waals surface area (Å²) in [5, 5.41) is 12.5. The minimum atomic E-state index is 0.724. The molecule has 0 amide bonds. The monoisotopic (exact) mass is 705 g/mol. The van der Waals surface area contributed by atoms with Gasteiger partial charge in [-0.2, -0.15) is 0 Å². The smallest absolute Gasteiger partial charge is 0.160 e. The molecule has 8 aromatic carbocycles. The molecular weight excluding hydrogens is 675 g/mol. The lowest BCUT2D eigenvalue weighted by Gasteiger charge is -2.15. The molecule has 4 heteroatoms. The van der Waals surface area contributed by atoms with E-state index in [1.165, 1.54) is 69.3 Å². The fraction of sp³-hybridized carbons (Fsp3) is 0.0400. The van der Waals surface area contributed by atoms with E-state index < -0.39 is 0 Å². The highest BCUT2D eigenvalue weighted by atomic mass is 32.1. The maximum atomic E-state index is 5.39. The second kappa shape index (κ2) is 11.4. The lowest BCUT2D eigenvalue weighted by Crippen LogP contribution is -1.98. The maximum Gasteiger partial charge on any atom is 0.160 e. The van der Waals surface area contributed by atoms with Crippen LogP contribution in [0, 0.1) is 0 Å². The zero-order valence-corrected chi connectivity index (χ0v) is 30.1. The maximum absolute atomic E-state index is 5.39. The average Bonchev–Trinajstić information content (AvgIpc) is 3.81. The lowest BCUT2D eigenvalue weighted by atomic mass is 9.94. The van der Waals surface area contributed by atoms with E-state index in [0.29, 0.717) is 0 Å². The number of rotatable bonds is 3. The van der Waals surface area contributed by atoms with Gasteiger partial charge in [0.15, 0.2) is 5.82 Å². The number of aromatic nitrogens is 3. The van der Waals surface area contributed by atoms with Gasteiger partial charge in [-0.05, 0) is 81.7 Å². The predicted octanol–water partition coefficient (Wildman–Crippen LogP) is 13.7. The van der Waals surface area contributed by atoms with E-state index in [1.807, 2.05) is 11.3 Å². The van der Waals surface area contributed by atoms with Gasteiger partial charge < -0.3 is 4.57 Å². The van der Waals surface area contributed by atoms with Crippen LogP contribution in [0.3, 0.4) is 0 Å². The molecule has 0 N–H and O–H groups in total. The van der Waals surface area contributed by atoms with Crippen molar-refractivity contribution >= 4 is 92.5 Å². The SMILES string of the molecule is C1=Cc2sc3c(c2CC1)c1ccccc1c1c2ccccc2n(-c2ccc(-c4nc(-c5ccccc5)c5c6ccccc6c6ccccc6c5n4)cc2)c31. The number of hydrogen-bond donors (Lipinski definition) is 0. The first-order valence-corrected chi connectivity index (χ1v) is 19.5. The van der Waals surface area contributed by atoms with Crippen molar-refractivity contribution in [3.8, 4) is 28.3 Å². The van der Waals surface area contributed by atoms with Gasteiger partial charge in [-0.1, -0.05) is 127 Å². The Morgan fingerprint density at radius 1 is 0.500 bits per heavy atom. The van der Waals surface area contributed by atoms with Crippen molar-refractivity contribution in [3.05, 3.63) is 168 Å². The molecule has 0 aliphatic heterocycles. The van der Waals surface area contributed by atoms with Gasteiger partial charge in [-0.3, -0.25) is 0 Å². The van der Waals surface area contributed by atoms with E-state index in [1.54, 1.807) is 0 Å². The molecule has 1 aliphatic carbocycles. The second-order valence-electron chi connectivity index (χ2n) is 14.3. The number of benzene rings is 8. The van der Waals surface area contributed by atoms with Crippen molar-refractivity contribution in [3.63, 3.8) is 0 Å². The summed E-state index contributed by atoms with van der Waals surface area (Å²) in [5.41, 5.74) is 9.12. The zero-order chi connectivity index (χ0) is 35.3. The predicted molar refractivity (Wildman–Crippen MR) is 230 cm³/mol. The molecular formula is C50H31N3S. The van der Waals surface area contributed by atoms with Crippen LogP contribution in [0.25, 0.3) is 110 Å². The average molecular weight is 706 g/mol. The molecule has 0 atom stereocenters. The summed E-state index contributed by atoms with van der Waals surface area (Å²) in [6.07, 6.45) is 6.84. The summed E-state index contributed by atoms with van der Waals surface area (Å²) < 4.78 is 3.86. The molecule has 1 aliphatic rings. The van der Waals surface area contributed by atoms with Crippen LogP contribution in [0.4, 0.5) is 0 Å². The van der Waals surface area contributed by atoms with Crippen LogP contribution in [-0.2, 0) is 6.42 Å². The summed E-state index contributed by atoms with van der Waals surface area (Å²) in [6.45, 7) is 0. The minimum absolute atomic E-state index is 0.724. The quantitative estimate of drug-likeness (QED) is 0.171. The van der Waals surface area contributed by atoms with Gasteiger partial charge in [-0.15, -0.1) is 11.3 Å². The molecule has 0 saturated carbocycles. The largest absolute Gasteiger partial charge is 0.308 e. The van der Waals surface area contributed by atoms with Crippen LogP contribution >= 0.6 is 11.3 Å². The Kier molecular flexibility index (Phi) is 6.33. The molecule has 12 rings (SSSR count). The number of aryl methyl sites for hydroxylation is 1. The fourth-order valence-corrected chi connectivity index (χ4v) is 10.5. The van der Waals surface area contributed by atoms with Crippen molar-refractivity contribution in [1.82, 2.24) is 14.5 Å². The third-order valence-corrected chi connectivity index (χ3v) is 12.6. The zero-order valence-electron chi connectivity index (χ0n) is 29.3. The number of allylic oxidation sites excluding steroid dienone is 1. The summed E-state index contributed by atoms with van der Waals surface area (Å²) in [4.78, 5) is 12.2. The number of nitrogens with zero attached hydrogens (tertiary/aromatic N) is 3. The highest BCUT2D eigenvalue weighted by Crippen LogP contribution is 2.48. The van der Waals surface area contributed by atoms with Gasteiger partial charge in [0, 0.05) is 48.6 Å². The highest BCUT2D eigenvalue weighted by molar-refractivity contribution is 7.21. The second-order valence-corrected chi connectivity index (χ2v) is 15.4. The number of thiophene rings is 1. The topological polar surface area (TPSA) is 30.7 Å². The molecule has 0 fully saturated rings. The first-order chi connectivity index (χ1) is 26.8. The van der Waals surface area contributed by atoms with E-state index in [2.05, 4.69) is 168 Å². The van der Waals surface area contributed by atoms with Gasteiger partial charge in [0.25, 0.3) is 0 Å². The van der Waals surface area contributed by atoms with E-state index >= 15 is 0 Å². The first-order valence-electron chi connectivity index (χ1n) is 18.6. The normalized spacial score (nSPS) is 13.0. The standard InChI is InChI=1S/C50H31N3S/c1-2-14-30(15-3-1)46-45-35-18-6-4-16-33(35)34-17-5-9-21-38(34)47(45)52-50(51-46)31-26-28-32(29-27-31)53-41-24-12-10-22-39(41)43-36-19-7-8-20-37(36)44-40-23-11-13-25-42(40)54-49(44)48(43)53/h1-10,12-22,24-29H,11,23H2. The molecule has 0 bridgehead atoms. The molecule has 11 aromatic rings. The van der Waals surface area contributed by atoms with Crippen molar-refractivity contribution in [1.29, 1.82) is 0 Å². The Bertz CT molecular complexity index is 3370. The summed E-state index contributed by atoms with van der Waals surface area (Å²) in [7, 11) is 0. The van der Waals surface area contributed by atoms with Crippen LogP contribution < -0.4 is 0 Å². The molecule has 0 saturated heterocycles. The Labute approximate surface area is 315 Å². The Balaban J connectivity index is 1.12. The molecule has 3 aromatic heterocycles. The third-order valence-electron chi connectivity index (χ3n) is 11.4. The number of hydrogen-bond acceptors (Lipinski definition) is 3.